The molecule has 0 radical (unpaired) electrons. The predicted octanol–water partition coefficient (Wildman–Crippen LogP) is -0.376. The van der Waals surface area contributed by atoms with Crippen LogP contribution in [0.3, 0.4) is 0 Å². The van der Waals surface area contributed by atoms with Crippen molar-refractivity contribution in [2.75, 3.05) is 0 Å². The van der Waals surface area contributed by atoms with Crippen molar-refractivity contribution < 1.29 is 4.79 Å². The van der Waals surface area contributed by atoms with Crippen molar-refractivity contribution in [1.82, 2.24) is 0 Å². The third-order valence-corrected chi connectivity index (χ3v) is 1.06. The lowest BCUT2D eigenvalue weighted by molar-refractivity contribution is 0.100. The van der Waals surface area contributed by atoms with Gasteiger partial charge in [0.1, 0.15) is 0 Å². The van der Waals surface area contributed by atoms with Gasteiger partial charge in [-0.2, -0.15) is 0 Å². The third kappa shape index (κ3) is 6.36. The zero-order chi connectivity index (χ0) is 10.3. The first kappa shape index (κ1) is 11.0. The first-order valence-electron chi connectivity index (χ1n) is 3.48. The van der Waals surface area contributed by atoms with Crippen LogP contribution < -0.4 is 17.2 Å². The molecule has 0 saturated heterocycles. The number of hydrogen-bond acceptors (Lipinski definition) is 2. The van der Waals surface area contributed by atoms with Crippen molar-refractivity contribution in [3.05, 3.63) is 35.9 Å². The van der Waals surface area contributed by atoms with Gasteiger partial charge in [0.15, 0.2) is 5.96 Å². The van der Waals surface area contributed by atoms with Gasteiger partial charge in [-0.25, -0.2) is 0 Å². The molecule has 1 rings (SSSR count). The van der Waals surface area contributed by atoms with Crippen LogP contribution in [0.5, 0.6) is 0 Å². The van der Waals surface area contributed by atoms with Crippen LogP contribution in [-0.4, -0.2) is 11.9 Å². The normalized spacial score (nSPS) is 8.00. The monoisotopic (exact) mass is 180 g/mol. The smallest absolute Gasteiger partial charge is 0.248 e. The average Bonchev–Trinajstić information content (AvgIpc) is 2.05. The molecule has 70 valence electrons. The van der Waals surface area contributed by atoms with Gasteiger partial charge in [-0.1, -0.05) is 18.2 Å². The van der Waals surface area contributed by atoms with Crippen LogP contribution in [0.4, 0.5) is 0 Å². The van der Waals surface area contributed by atoms with Crippen molar-refractivity contribution in [3.8, 4) is 0 Å². The minimum absolute atomic E-state index is 0.333. The Morgan fingerprint density at radius 2 is 1.46 bits per heavy atom. The second kappa shape index (κ2) is 5.59. The summed E-state index contributed by atoms with van der Waals surface area (Å²) in [4.78, 5) is 10.4. The van der Waals surface area contributed by atoms with E-state index in [0.29, 0.717) is 5.56 Å². The van der Waals surface area contributed by atoms with Gasteiger partial charge >= 0.3 is 0 Å². The Hall–Kier alpha value is -2.04. The van der Waals surface area contributed by atoms with Crippen LogP contribution in [-0.2, 0) is 0 Å². The van der Waals surface area contributed by atoms with Crippen molar-refractivity contribution in [2.24, 2.45) is 17.2 Å². The molecule has 0 heterocycles. The van der Waals surface area contributed by atoms with Crippen LogP contribution >= 0.6 is 0 Å². The van der Waals surface area contributed by atoms with Crippen LogP contribution in [0.1, 0.15) is 10.4 Å². The molecule has 0 spiro atoms. The Morgan fingerprint density at radius 3 is 1.69 bits per heavy atom. The fourth-order valence-electron chi connectivity index (χ4n) is 0.602. The van der Waals surface area contributed by atoms with Gasteiger partial charge in [0, 0.05) is 5.56 Å². The molecular weight excluding hydrogens is 168 g/mol. The number of hydrogen-bond donors (Lipinski definition) is 4. The number of carbonyl (C=O) groups is 1. The lowest BCUT2D eigenvalue weighted by Gasteiger charge is -1.89. The number of primary amides is 1. The first-order chi connectivity index (χ1) is 6.04. The quantitative estimate of drug-likeness (QED) is 0.348. The van der Waals surface area contributed by atoms with E-state index in [4.69, 9.17) is 11.1 Å². The number of amides is 1. The number of nitrogens with two attached hydrogens (primary N) is 3. The Balaban J connectivity index is 0.000000310. The molecule has 1 aromatic carbocycles. The van der Waals surface area contributed by atoms with Gasteiger partial charge < -0.3 is 17.2 Å². The Labute approximate surface area is 76.0 Å². The van der Waals surface area contributed by atoms with Crippen molar-refractivity contribution in [1.29, 1.82) is 5.41 Å². The molecule has 0 aliphatic heterocycles. The highest BCUT2D eigenvalue weighted by molar-refractivity contribution is 5.92. The topological polar surface area (TPSA) is 119 Å². The second-order valence-electron chi connectivity index (χ2n) is 2.19. The molecular formula is C8H12N4O. The van der Waals surface area contributed by atoms with Crippen LogP contribution in [0.25, 0.3) is 0 Å². The molecule has 0 aliphatic carbocycles. The Kier molecular flexibility index (Phi) is 4.71. The van der Waals surface area contributed by atoms with Gasteiger partial charge in [0.05, 0.1) is 0 Å². The fourth-order valence-corrected chi connectivity index (χ4v) is 0.602. The lowest BCUT2D eigenvalue weighted by Crippen LogP contribution is -2.20. The van der Waals surface area contributed by atoms with Crippen LogP contribution in [0.2, 0.25) is 0 Å². The molecule has 0 unspecified atom stereocenters. The minimum atomic E-state index is -0.379. The zero-order valence-corrected chi connectivity index (χ0v) is 7.03. The molecule has 0 aromatic heterocycles. The molecule has 1 amide bonds. The van der Waals surface area contributed by atoms with Crippen LogP contribution in [0.15, 0.2) is 30.3 Å². The predicted molar refractivity (Wildman–Crippen MR) is 51.1 cm³/mol. The summed E-state index contributed by atoms with van der Waals surface area (Å²) in [6.45, 7) is 0. The second-order valence-corrected chi connectivity index (χ2v) is 2.19. The number of guanidine groups is 1. The largest absolute Gasteiger partial charge is 0.370 e. The maximum absolute atomic E-state index is 10.4. The summed E-state index contributed by atoms with van der Waals surface area (Å²) >= 11 is 0. The molecule has 5 nitrogen and oxygen atoms in total. The molecule has 5 heteroatoms. The standard InChI is InChI=1S/C7H7NO.CH5N3/c8-7(9)6-4-2-1-3-5-6;2-1(3)4/h1-5H,(H2,8,9);(H5,2,3,4). The van der Waals surface area contributed by atoms with Gasteiger partial charge in [-0.05, 0) is 12.1 Å². The highest BCUT2D eigenvalue weighted by Gasteiger charge is 1.93. The molecule has 7 N–H and O–H groups in total. The summed E-state index contributed by atoms with van der Waals surface area (Å²) in [6.07, 6.45) is 0. The SMILES string of the molecule is N=C(N)N.NC(=O)c1ccccc1. The van der Waals surface area contributed by atoms with E-state index in [-0.39, 0.29) is 11.9 Å². The number of benzene rings is 1. The van der Waals surface area contributed by atoms with Crippen molar-refractivity contribution in [3.63, 3.8) is 0 Å². The fraction of sp³-hybridized carbons (Fsp3) is 0. The highest BCUT2D eigenvalue weighted by atomic mass is 16.1. The molecule has 0 fully saturated rings. The van der Waals surface area contributed by atoms with E-state index in [1.807, 2.05) is 6.07 Å². The Bertz CT molecular complexity index is 279. The van der Waals surface area contributed by atoms with Crippen molar-refractivity contribution >= 4 is 11.9 Å². The summed E-state index contributed by atoms with van der Waals surface area (Å²) in [6, 6.07) is 8.76. The number of rotatable bonds is 1. The maximum atomic E-state index is 10.4. The van der Waals surface area contributed by atoms with Crippen molar-refractivity contribution in [2.45, 2.75) is 0 Å². The molecule has 13 heavy (non-hydrogen) atoms. The minimum Gasteiger partial charge on any atom is -0.370 e. The maximum Gasteiger partial charge on any atom is 0.248 e. The first-order valence-corrected chi connectivity index (χ1v) is 3.48. The van der Waals surface area contributed by atoms with Gasteiger partial charge in [-0.3, -0.25) is 10.2 Å². The number of carbonyl (C=O) groups excluding carboxylic acids is 1. The Morgan fingerprint density at radius 1 is 1.08 bits per heavy atom. The highest BCUT2D eigenvalue weighted by Crippen LogP contribution is 1.94. The average molecular weight is 180 g/mol. The van der Waals surface area contributed by atoms with Gasteiger partial charge in [-0.15, -0.1) is 0 Å². The summed E-state index contributed by atoms with van der Waals surface area (Å²) in [5.41, 5.74) is 14.5. The summed E-state index contributed by atoms with van der Waals surface area (Å²) < 4.78 is 0. The summed E-state index contributed by atoms with van der Waals surface area (Å²) in [5, 5.41) is 6.06. The van der Waals surface area contributed by atoms with E-state index in [2.05, 4.69) is 11.5 Å². The summed E-state index contributed by atoms with van der Waals surface area (Å²) in [5.74, 6) is -0.712. The van der Waals surface area contributed by atoms with E-state index >= 15 is 0 Å². The van der Waals surface area contributed by atoms with Gasteiger partial charge in [0.2, 0.25) is 5.91 Å². The molecule has 0 saturated carbocycles. The molecule has 0 aliphatic rings. The lowest BCUT2D eigenvalue weighted by atomic mass is 10.2. The molecule has 0 atom stereocenters. The van der Waals surface area contributed by atoms with E-state index < -0.39 is 0 Å². The molecule has 1 aromatic rings. The van der Waals surface area contributed by atoms with Gasteiger partial charge in [0.25, 0.3) is 0 Å². The summed E-state index contributed by atoms with van der Waals surface area (Å²) in [7, 11) is 0. The number of nitrogens with one attached hydrogen (secondary N) is 1. The third-order valence-electron chi connectivity index (χ3n) is 1.06. The van der Waals surface area contributed by atoms with E-state index in [1.54, 1.807) is 24.3 Å². The van der Waals surface area contributed by atoms with E-state index in [0.717, 1.165) is 0 Å². The van der Waals surface area contributed by atoms with E-state index in [9.17, 15) is 4.79 Å². The van der Waals surface area contributed by atoms with Crippen LogP contribution in [0, 0.1) is 5.41 Å². The van der Waals surface area contributed by atoms with E-state index in [1.165, 1.54) is 0 Å². The zero-order valence-electron chi connectivity index (χ0n) is 7.03. The molecule has 0 bridgehead atoms.